The Hall–Kier alpha value is -1.26. The summed E-state index contributed by atoms with van der Waals surface area (Å²) >= 11 is 0. The van der Waals surface area contributed by atoms with Gasteiger partial charge in [0.25, 0.3) is 0 Å². The monoisotopic (exact) mass is 240 g/mol. The molecule has 1 atom stereocenters. The molecular formula is C12H20N2O3. The molecule has 0 spiro atoms. The van der Waals surface area contributed by atoms with Gasteiger partial charge in [0.1, 0.15) is 0 Å². The van der Waals surface area contributed by atoms with Crippen molar-refractivity contribution in [2.75, 3.05) is 13.1 Å². The number of hydrogen-bond acceptors (Lipinski definition) is 2. The molecule has 2 fully saturated rings. The number of hydrogen-bond donors (Lipinski definition) is 2. The number of carboxylic acids is 1. The molecule has 1 unspecified atom stereocenters. The predicted molar refractivity (Wildman–Crippen MR) is 62.7 cm³/mol. The van der Waals surface area contributed by atoms with Crippen molar-refractivity contribution in [1.29, 1.82) is 0 Å². The van der Waals surface area contributed by atoms with Crippen LogP contribution in [-0.4, -0.2) is 40.6 Å². The second kappa shape index (κ2) is 4.55. The highest BCUT2D eigenvalue weighted by Crippen LogP contribution is 2.29. The maximum absolute atomic E-state index is 12.0. The first-order valence-electron chi connectivity index (χ1n) is 6.30. The van der Waals surface area contributed by atoms with E-state index in [1.54, 1.807) is 4.90 Å². The van der Waals surface area contributed by atoms with Gasteiger partial charge in [-0.3, -0.25) is 4.79 Å². The lowest BCUT2D eigenvalue weighted by atomic mass is 10.0. The highest BCUT2D eigenvalue weighted by atomic mass is 16.4. The molecule has 2 N–H and O–H groups in total. The summed E-state index contributed by atoms with van der Waals surface area (Å²) in [6, 6.07) is -0.0989. The second-order valence-electron chi connectivity index (χ2n) is 5.47. The van der Waals surface area contributed by atoms with Gasteiger partial charge in [-0.2, -0.15) is 0 Å². The van der Waals surface area contributed by atoms with E-state index in [2.05, 4.69) is 12.2 Å². The Morgan fingerprint density at radius 1 is 1.35 bits per heavy atom. The van der Waals surface area contributed by atoms with Crippen LogP contribution in [0.25, 0.3) is 0 Å². The highest BCUT2D eigenvalue weighted by molar-refractivity contribution is 5.78. The molecular weight excluding hydrogens is 220 g/mol. The van der Waals surface area contributed by atoms with Gasteiger partial charge in [0, 0.05) is 18.6 Å². The maximum atomic E-state index is 12.0. The summed E-state index contributed by atoms with van der Waals surface area (Å²) in [6.07, 6.45) is 4.94. The molecule has 1 heterocycles. The number of carbonyl (C=O) groups excluding carboxylic acids is 1. The van der Waals surface area contributed by atoms with E-state index in [0.717, 1.165) is 25.7 Å². The third kappa shape index (κ3) is 2.70. The molecule has 5 heteroatoms. The van der Waals surface area contributed by atoms with Gasteiger partial charge in [0.2, 0.25) is 0 Å². The topological polar surface area (TPSA) is 69.6 Å². The molecule has 2 aliphatic rings. The molecule has 1 aliphatic heterocycles. The smallest absolute Gasteiger partial charge is 0.317 e. The van der Waals surface area contributed by atoms with E-state index in [-0.39, 0.29) is 11.6 Å². The van der Waals surface area contributed by atoms with E-state index < -0.39 is 11.9 Å². The molecule has 1 aliphatic carbocycles. The zero-order valence-electron chi connectivity index (χ0n) is 10.2. The van der Waals surface area contributed by atoms with Crippen LogP contribution in [0.4, 0.5) is 4.79 Å². The Morgan fingerprint density at radius 2 is 2.00 bits per heavy atom. The third-order valence-electron chi connectivity index (χ3n) is 3.94. The van der Waals surface area contributed by atoms with Crippen LogP contribution in [0.15, 0.2) is 0 Å². The van der Waals surface area contributed by atoms with Gasteiger partial charge in [-0.25, -0.2) is 4.79 Å². The number of urea groups is 1. The largest absolute Gasteiger partial charge is 0.481 e. The van der Waals surface area contributed by atoms with E-state index >= 15 is 0 Å². The molecule has 0 aromatic carbocycles. The summed E-state index contributed by atoms with van der Waals surface area (Å²) in [5.74, 6) is -1.19. The minimum atomic E-state index is -0.799. The fourth-order valence-corrected chi connectivity index (χ4v) is 2.76. The van der Waals surface area contributed by atoms with Crippen LogP contribution in [0.1, 0.15) is 39.0 Å². The van der Waals surface area contributed by atoms with E-state index in [9.17, 15) is 9.59 Å². The van der Waals surface area contributed by atoms with Crippen LogP contribution in [0.5, 0.6) is 0 Å². The number of nitrogens with one attached hydrogen (secondary N) is 1. The average molecular weight is 240 g/mol. The molecule has 0 aromatic heterocycles. The molecule has 2 amide bonds. The molecule has 0 radical (unpaired) electrons. The van der Waals surface area contributed by atoms with Gasteiger partial charge in [-0.1, -0.05) is 12.8 Å². The summed E-state index contributed by atoms with van der Waals surface area (Å²) in [7, 11) is 0. The zero-order chi connectivity index (χ0) is 12.5. The maximum Gasteiger partial charge on any atom is 0.317 e. The van der Waals surface area contributed by atoms with E-state index in [1.807, 2.05) is 0 Å². The van der Waals surface area contributed by atoms with E-state index in [1.165, 1.54) is 0 Å². The first kappa shape index (κ1) is 12.2. The fourth-order valence-electron chi connectivity index (χ4n) is 2.76. The van der Waals surface area contributed by atoms with Gasteiger partial charge in [0.15, 0.2) is 0 Å². The number of carbonyl (C=O) groups is 2. The van der Waals surface area contributed by atoms with Crippen molar-refractivity contribution >= 4 is 12.0 Å². The fraction of sp³-hybridized carbons (Fsp3) is 0.833. The van der Waals surface area contributed by atoms with Crippen LogP contribution < -0.4 is 5.32 Å². The Bertz CT molecular complexity index is 324. The van der Waals surface area contributed by atoms with Gasteiger partial charge in [-0.15, -0.1) is 0 Å². The third-order valence-corrected chi connectivity index (χ3v) is 3.94. The minimum Gasteiger partial charge on any atom is -0.481 e. The van der Waals surface area contributed by atoms with Gasteiger partial charge in [-0.05, 0) is 26.2 Å². The highest BCUT2D eigenvalue weighted by Gasteiger charge is 2.35. The van der Waals surface area contributed by atoms with Crippen molar-refractivity contribution in [3.63, 3.8) is 0 Å². The lowest BCUT2D eigenvalue weighted by Crippen LogP contribution is -2.49. The Labute approximate surface area is 101 Å². The summed E-state index contributed by atoms with van der Waals surface area (Å²) < 4.78 is 0. The van der Waals surface area contributed by atoms with Crippen molar-refractivity contribution in [2.24, 2.45) is 5.92 Å². The standard InChI is InChI=1S/C12H20N2O3/c1-12(5-2-3-6-12)13-11(17)14-7-4-9(8-14)10(15)16/h9H,2-8H2,1H3,(H,13,17)(H,15,16). The lowest BCUT2D eigenvalue weighted by molar-refractivity contribution is -0.141. The SMILES string of the molecule is CC1(NC(=O)N2CCC(C(=O)O)C2)CCCC1. The molecule has 96 valence electrons. The number of aliphatic carboxylic acids is 1. The molecule has 1 saturated heterocycles. The first-order chi connectivity index (χ1) is 8.00. The number of rotatable bonds is 2. The molecule has 2 rings (SSSR count). The van der Waals surface area contributed by atoms with Gasteiger partial charge in [0.05, 0.1) is 5.92 Å². The Kier molecular flexibility index (Phi) is 3.26. The number of likely N-dealkylation sites (tertiary alicyclic amines) is 1. The van der Waals surface area contributed by atoms with Crippen LogP contribution in [0, 0.1) is 5.92 Å². The predicted octanol–water partition coefficient (Wildman–Crippen LogP) is 1.44. The summed E-state index contributed by atoms with van der Waals surface area (Å²) in [6.45, 7) is 2.97. The van der Waals surface area contributed by atoms with Crippen LogP contribution in [0.3, 0.4) is 0 Å². The minimum absolute atomic E-state index is 0.0849. The van der Waals surface area contributed by atoms with Crippen LogP contribution in [-0.2, 0) is 4.79 Å². The van der Waals surface area contributed by atoms with Crippen LogP contribution >= 0.6 is 0 Å². The van der Waals surface area contributed by atoms with Crippen molar-refractivity contribution in [2.45, 2.75) is 44.6 Å². The molecule has 1 saturated carbocycles. The Balaban J connectivity index is 1.87. The molecule has 0 bridgehead atoms. The van der Waals surface area contributed by atoms with Crippen molar-refractivity contribution in [3.8, 4) is 0 Å². The van der Waals surface area contributed by atoms with Crippen molar-refractivity contribution in [1.82, 2.24) is 10.2 Å². The quantitative estimate of drug-likeness (QED) is 0.767. The second-order valence-corrected chi connectivity index (χ2v) is 5.47. The molecule has 5 nitrogen and oxygen atoms in total. The average Bonchev–Trinajstić information content (AvgIpc) is 2.86. The zero-order valence-corrected chi connectivity index (χ0v) is 10.2. The summed E-state index contributed by atoms with van der Waals surface area (Å²) in [5.41, 5.74) is -0.0849. The summed E-state index contributed by atoms with van der Waals surface area (Å²) in [4.78, 5) is 24.4. The van der Waals surface area contributed by atoms with Gasteiger partial charge >= 0.3 is 12.0 Å². The molecule has 17 heavy (non-hydrogen) atoms. The van der Waals surface area contributed by atoms with E-state index in [0.29, 0.717) is 19.5 Å². The first-order valence-corrected chi connectivity index (χ1v) is 6.30. The summed E-state index contributed by atoms with van der Waals surface area (Å²) in [5, 5.41) is 11.9. The van der Waals surface area contributed by atoms with E-state index in [4.69, 9.17) is 5.11 Å². The number of carboxylic acid groups (broad SMARTS) is 1. The van der Waals surface area contributed by atoms with Crippen molar-refractivity contribution in [3.05, 3.63) is 0 Å². The van der Waals surface area contributed by atoms with Gasteiger partial charge < -0.3 is 15.3 Å². The van der Waals surface area contributed by atoms with Crippen molar-refractivity contribution < 1.29 is 14.7 Å². The van der Waals surface area contributed by atoms with Crippen LogP contribution in [0.2, 0.25) is 0 Å². The molecule has 0 aromatic rings. The normalized spacial score (nSPS) is 27.1. The lowest BCUT2D eigenvalue weighted by Gasteiger charge is -2.28. The Morgan fingerprint density at radius 3 is 2.53 bits per heavy atom. The number of amides is 2. The number of nitrogens with zero attached hydrogens (tertiary/aromatic N) is 1.